The summed E-state index contributed by atoms with van der Waals surface area (Å²) >= 11 is 0. The Bertz CT molecular complexity index is 723. The fourth-order valence-corrected chi connectivity index (χ4v) is 3.20. The second-order valence-corrected chi connectivity index (χ2v) is 6.82. The molecule has 1 N–H and O–H groups in total. The molecule has 0 aromatic heterocycles. The van der Waals surface area contributed by atoms with Gasteiger partial charge in [-0.2, -0.15) is 0 Å². The molecular formula is C21H25F2NO. The molecule has 2 aromatic rings. The first-order valence-corrected chi connectivity index (χ1v) is 8.31. The van der Waals surface area contributed by atoms with Crippen LogP contribution in [0.5, 0.6) is 0 Å². The smallest absolute Gasteiger partial charge is 0.123 e. The Labute approximate surface area is 148 Å². The van der Waals surface area contributed by atoms with Gasteiger partial charge in [-0.05, 0) is 62.0 Å². The number of nitrogens with zero attached hydrogens (tertiary/aromatic N) is 1. The van der Waals surface area contributed by atoms with Gasteiger partial charge in [-0.1, -0.05) is 37.3 Å². The van der Waals surface area contributed by atoms with E-state index in [1.807, 2.05) is 38.9 Å². The van der Waals surface area contributed by atoms with Gasteiger partial charge in [-0.3, -0.25) is 0 Å². The second kappa shape index (κ2) is 7.89. The van der Waals surface area contributed by atoms with Crippen molar-refractivity contribution in [3.63, 3.8) is 0 Å². The lowest BCUT2D eigenvalue weighted by Crippen LogP contribution is -2.40. The van der Waals surface area contributed by atoms with E-state index in [1.165, 1.54) is 24.3 Å². The van der Waals surface area contributed by atoms with Gasteiger partial charge in [0.15, 0.2) is 0 Å². The zero-order valence-corrected chi connectivity index (χ0v) is 15.1. The maximum atomic E-state index is 13.3. The van der Waals surface area contributed by atoms with E-state index >= 15 is 0 Å². The van der Waals surface area contributed by atoms with Gasteiger partial charge in [0.2, 0.25) is 0 Å². The van der Waals surface area contributed by atoms with E-state index in [9.17, 15) is 13.9 Å². The molecule has 0 heterocycles. The van der Waals surface area contributed by atoms with E-state index < -0.39 is 5.60 Å². The van der Waals surface area contributed by atoms with Crippen LogP contribution in [0.4, 0.5) is 8.78 Å². The molecule has 0 aliphatic carbocycles. The quantitative estimate of drug-likeness (QED) is 0.836. The van der Waals surface area contributed by atoms with Crippen molar-refractivity contribution in [2.24, 2.45) is 5.92 Å². The third kappa shape index (κ3) is 4.53. The summed E-state index contributed by atoms with van der Waals surface area (Å²) in [6.07, 6.45) is 1.84. The minimum Gasteiger partial charge on any atom is -0.380 e. The van der Waals surface area contributed by atoms with Gasteiger partial charge in [0.1, 0.15) is 17.2 Å². The third-order valence-electron chi connectivity index (χ3n) is 4.49. The second-order valence-electron chi connectivity index (χ2n) is 6.82. The Morgan fingerprint density at radius 1 is 1.04 bits per heavy atom. The predicted molar refractivity (Wildman–Crippen MR) is 98.1 cm³/mol. The van der Waals surface area contributed by atoms with Crippen LogP contribution in [0.2, 0.25) is 0 Å². The zero-order chi connectivity index (χ0) is 18.6. The molecular weight excluding hydrogens is 320 g/mol. The van der Waals surface area contributed by atoms with Crippen LogP contribution in [0.1, 0.15) is 25.0 Å². The van der Waals surface area contributed by atoms with Crippen molar-refractivity contribution in [1.82, 2.24) is 4.90 Å². The monoisotopic (exact) mass is 345 g/mol. The third-order valence-corrected chi connectivity index (χ3v) is 4.49. The van der Waals surface area contributed by atoms with E-state index in [4.69, 9.17) is 0 Å². The van der Waals surface area contributed by atoms with E-state index in [-0.39, 0.29) is 17.6 Å². The van der Waals surface area contributed by atoms with Gasteiger partial charge in [0, 0.05) is 12.5 Å². The van der Waals surface area contributed by atoms with Crippen molar-refractivity contribution >= 4 is 6.08 Å². The van der Waals surface area contributed by atoms with Gasteiger partial charge >= 0.3 is 0 Å². The molecule has 0 saturated heterocycles. The topological polar surface area (TPSA) is 23.5 Å². The first-order valence-electron chi connectivity index (χ1n) is 8.31. The first-order chi connectivity index (χ1) is 11.7. The van der Waals surface area contributed by atoms with Crippen molar-refractivity contribution in [1.29, 1.82) is 0 Å². The molecule has 2 nitrogen and oxygen atoms in total. The molecule has 0 saturated carbocycles. The largest absolute Gasteiger partial charge is 0.380 e. The molecule has 2 rings (SSSR count). The lowest BCUT2D eigenvalue weighted by Gasteiger charge is -2.37. The predicted octanol–water partition coefficient (Wildman–Crippen LogP) is 4.45. The molecule has 2 atom stereocenters. The molecule has 0 aliphatic rings. The Hall–Kier alpha value is -2.04. The van der Waals surface area contributed by atoms with Crippen LogP contribution < -0.4 is 0 Å². The van der Waals surface area contributed by atoms with Crippen molar-refractivity contribution in [3.8, 4) is 0 Å². The molecule has 0 amide bonds. The maximum Gasteiger partial charge on any atom is 0.123 e. The average molecular weight is 345 g/mol. The molecule has 25 heavy (non-hydrogen) atoms. The van der Waals surface area contributed by atoms with Gasteiger partial charge < -0.3 is 10.0 Å². The summed E-state index contributed by atoms with van der Waals surface area (Å²) in [4.78, 5) is 2.00. The highest BCUT2D eigenvalue weighted by atomic mass is 19.1. The SMILES string of the molecule is C/C(=C\c1ccc(F)cc1)C(O)(c1ccc(F)cc1)C(C)CN(C)C. The molecule has 4 heteroatoms. The van der Waals surface area contributed by atoms with Gasteiger partial charge in [-0.25, -0.2) is 8.78 Å². The van der Waals surface area contributed by atoms with Crippen LogP contribution in [-0.2, 0) is 5.60 Å². The summed E-state index contributed by atoms with van der Waals surface area (Å²) in [6, 6.07) is 12.0. The summed E-state index contributed by atoms with van der Waals surface area (Å²) < 4.78 is 26.5. The van der Waals surface area contributed by atoms with E-state index in [0.29, 0.717) is 12.1 Å². The Kier molecular flexibility index (Phi) is 6.09. The Morgan fingerprint density at radius 3 is 2.00 bits per heavy atom. The highest BCUT2D eigenvalue weighted by Gasteiger charge is 2.37. The molecule has 0 aliphatic heterocycles. The van der Waals surface area contributed by atoms with E-state index in [1.54, 1.807) is 24.3 Å². The molecule has 0 spiro atoms. The summed E-state index contributed by atoms with van der Waals surface area (Å²) in [5, 5.41) is 11.6. The normalized spacial score (nSPS) is 15.9. The first kappa shape index (κ1) is 19.3. The summed E-state index contributed by atoms with van der Waals surface area (Å²) in [5.74, 6) is -0.777. The average Bonchev–Trinajstić information content (AvgIpc) is 2.56. The minimum absolute atomic E-state index is 0.135. The summed E-state index contributed by atoms with van der Waals surface area (Å²) in [6.45, 7) is 4.46. The maximum absolute atomic E-state index is 13.3. The summed E-state index contributed by atoms with van der Waals surface area (Å²) in [5.41, 5.74) is 0.905. The van der Waals surface area contributed by atoms with Crippen LogP contribution in [0.15, 0.2) is 54.1 Å². The summed E-state index contributed by atoms with van der Waals surface area (Å²) in [7, 11) is 3.89. The van der Waals surface area contributed by atoms with Gasteiger partial charge in [-0.15, -0.1) is 0 Å². The van der Waals surface area contributed by atoms with E-state index in [2.05, 4.69) is 0 Å². The highest BCUT2D eigenvalue weighted by molar-refractivity contribution is 5.56. The Morgan fingerprint density at radius 2 is 1.52 bits per heavy atom. The molecule has 0 fully saturated rings. The van der Waals surface area contributed by atoms with Crippen molar-refractivity contribution < 1.29 is 13.9 Å². The van der Waals surface area contributed by atoms with Crippen molar-refractivity contribution in [3.05, 3.63) is 76.9 Å². The molecule has 0 radical (unpaired) electrons. The van der Waals surface area contributed by atoms with Crippen LogP contribution in [-0.4, -0.2) is 30.6 Å². The fraction of sp³-hybridized carbons (Fsp3) is 0.333. The van der Waals surface area contributed by atoms with Crippen molar-refractivity contribution in [2.75, 3.05) is 20.6 Å². The zero-order valence-electron chi connectivity index (χ0n) is 15.1. The number of hydrogen-bond acceptors (Lipinski definition) is 2. The number of rotatable bonds is 6. The van der Waals surface area contributed by atoms with Crippen LogP contribution in [0.25, 0.3) is 6.08 Å². The lowest BCUT2D eigenvalue weighted by atomic mass is 9.76. The standard InChI is InChI=1S/C21H25F2NO/c1-15(13-17-5-9-19(22)10-6-17)21(25,16(2)14-24(3)4)18-7-11-20(23)12-8-18/h5-13,16,25H,14H2,1-4H3/b15-13+. The van der Waals surface area contributed by atoms with E-state index in [0.717, 1.165) is 11.1 Å². The minimum atomic E-state index is -1.26. The molecule has 0 bridgehead atoms. The molecule has 2 aromatic carbocycles. The lowest BCUT2D eigenvalue weighted by molar-refractivity contribution is 0.0105. The number of aliphatic hydroxyl groups is 1. The van der Waals surface area contributed by atoms with Gasteiger partial charge in [0.25, 0.3) is 0 Å². The molecule has 2 unspecified atom stereocenters. The number of benzene rings is 2. The van der Waals surface area contributed by atoms with Gasteiger partial charge in [0.05, 0.1) is 0 Å². The highest BCUT2D eigenvalue weighted by Crippen LogP contribution is 2.38. The molecule has 134 valence electrons. The Balaban J connectivity index is 2.49. The van der Waals surface area contributed by atoms with Crippen LogP contribution >= 0.6 is 0 Å². The number of halogens is 2. The van der Waals surface area contributed by atoms with Crippen LogP contribution in [0.3, 0.4) is 0 Å². The van der Waals surface area contributed by atoms with Crippen molar-refractivity contribution in [2.45, 2.75) is 19.4 Å². The fourth-order valence-electron chi connectivity index (χ4n) is 3.20. The van der Waals surface area contributed by atoms with Crippen LogP contribution in [0, 0.1) is 17.6 Å². The number of hydrogen-bond donors (Lipinski definition) is 1.